The van der Waals surface area contributed by atoms with Gasteiger partial charge < -0.3 is 31.0 Å². The summed E-state index contributed by atoms with van der Waals surface area (Å²) in [5, 5.41) is 42.6. The summed E-state index contributed by atoms with van der Waals surface area (Å²) in [5.41, 5.74) is 1.47. The Morgan fingerprint density at radius 3 is 2.50 bits per heavy atom. The zero-order valence-electron chi connectivity index (χ0n) is 15.8. The van der Waals surface area contributed by atoms with Crippen LogP contribution in [-0.2, 0) is 14.4 Å². The molecule has 30 heavy (non-hydrogen) atoms. The summed E-state index contributed by atoms with van der Waals surface area (Å²) in [6.45, 7) is 1.69. The number of fused-ring (bicyclic) bond motifs is 3. The summed E-state index contributed by atoms with van der Waals surface area (Å²) in [6, 6.07) is 4.44. The first-order valence-electron chi connectivity index (χ1n) is 9.31. The lowest BCUT2D eigenvalue weighted by molar-refractivity contribution is -0.150. The quantitative estimate of drug-likeness (QED) is 0.345. The number of phenols is 1. The summed E-state index contributed by atoms with van der Waals surface area (Å²) in [7, 11) is 0. The smallest absolute Gasteiger partial charge is 0.255 e. The van der Waals surface area contributed by atoms with Crippen molar-refractivity contribution < 1.29 is 39.6 Å². The Kier molecular flexibility index (Phi) is 4.14. The van der Waals surface area contributed by atoms with Gasteiger partial charge in [0, 0.05) is 29.7 Å². The first-order chi connectivity index (χ1) is 14.1. The topological polar surface area (TPSA) is 175 Å². The van der Waals surface area contributed by atoms with E-state index in [0.717, 1.165) is 0 Å². The van der Waals surface area contributed by atoms with Gasteiger partial charge in [0.15, 0.2) is 11.4 Å². The number of aldehydes is 1. The molecule has 5 atom stereocenters. The molecule has 0 fully saturated rings. The van der Waals surface area contributed by atoms with Crippen molar-refractivity contribution in [2.24, 2.45) is 23.5 Å². The van der Waals surface area contributed by atoms with Gasteiger partial charge in [-0.2, -0.15) is 0 Å². The van der Waals surface area contributed by atoms with Gasteiger partial charge in [0.25, 0.3) is 5.91 Å². The minimum absolute atomic E-state index is 0.0914. The molecule has 0 saturated carbocycles. The number of aliphatic hydroxyl groups is 3. The number of benzene rings is 1. The first-order valence-corrected chi connectivity index (χ1v) is 9.31. The molecule has 0 unspecified atom stereocenters. The zero-order chi connectivity index (χ0) is 22.1. The van der Waals surface area contributed by atoms with Gasteiger partial charge in [-0.15, -0.1) is 0 Å². The average molecular weight is 413 g/mol. The minimum Gasteiger partial charge on any atom is -0.511 e. The number of aliphatic hydroxyl groups excluding tert-OH is 2. The van der Waals surface area contributed by atoms with E-state index in [2.05, 4.69) is 0 Å². The van der Waals surface area contributed by atoms with Gasteiger partial charge in [-0.3, -0.25) is 14.4 Å². The number of Topliss-reactive ketones (excluding diaryl/α,β-unsaturated/α-hetero) is 2. The lowest BCUT2D eigenvalue weighted by Crippen LogP contribution is -2.61. The van der Waals surface area contributed by atoms with Crippen molar-refractivity contribution in [3.05, 3.63) is 52.0 Å². The number of carbonyl (C=O) groups is 4. The van der Waals surface area contributed by atoms with E-state index in [1.165, 1.54) is 6.07 Å². The number of primary amides is 1. The van der Waals surface area contributed by atoms with Crippen LogP contribution in [0, 0.1) is 17.8 Å². The summed E-state index contributed by atoms with van der Waals surface area (Å²) >= 11 is 0. The number of rotatable bonds is 2. The zero-order valence-corrected chi connectivity index (χ0v) is 15.8. The van der Waals surface area contributed by atoms with Crippen LogP contribution in [0.3, 0.4) is 0 Å². The number of phenolic OH excluding ortho intramolecular Hbond substituents is 1. The summed E-state index contributed by atoms with van der Waals surface area (Å²) in [6.07, 6.45) is 0.00566. The molecule has 0 heterocycles. The molecule has 0 saturated heterocycles. The fourth-order valence-electron chi connectivity index (χ4n) is 5.24. The number of hydrogen-bond acceptors (Lipinski definition) is 8. The highest BCUT2D eigenvalue weighted by Crippen LogP contribution is 2.56. The Balaban J connectivity index is 2.04. The van der Waals surface area contributed by atoms with Crippen LogP contribution in [0.1, 0.15) is 35.2 Å². The minimum atomic E-state index is -2.79. The van der Waals surface area contributed by atoms with E-state index >= 15 is 0 Å². The number of ketones is 2. The predicted molar refractivity (Wildman–Crippen MR) is 100 cm³/mol. The molecule has 0 spiro atoms. The van der Waals surface area contributed by atoms with Gasteiger partial charge in [0.1, 0.15) is 29.1 Å². The lowest BCUT2D eigenvalue weighted by atomic mass is 9.53. The van der Waals surface area contributed by atoms with Gasteiger partial charge >= 0.3 is 0 Å². The van der Waals surface area contributed by atoms with Gasteiger partial charge in [0.05, 0.1) is 5.56 Å². The standard InChI is InChI=1S/C21H19NO8/c1-7-8-3-2-4-11(24)14(8)17(26)16-13(7)9(6-23)10-5-12(25)15(20(22)29)18(27)21(10,30)19(16)28/h2-4,6-7,9-10,13,24-25,28,30H,5H2,1H3,(H2,22,29)/t7-,9+,10+,13-,21+/m0/s1. The van der Waals surface area contributed by atoms with E-state index in [4.69, 9.17) is 5.73 Å². The maximum absolute atomic E-state index is 13.2. The van der Waals surface area contributed by atoms with Crippen molar-refractivity contribution in [3.8, 4) is 5.75 Å². The largest absolute Gasteiger partial charge is 0.511 e. The van der Waals surface area contributed by atoms with E-state index in [-0.39, 0.29) is 16.9 Å². The van der Waals surface area contributed by atoms with Crippen molar-refractivity contribution >= 4 is 23.8 Å². The van der Waals surface area contributed by atoms with Crippen LogP contribution in [0.5, 0.6) is 5.75 Å². The normalized spacial score (nSPS) is 33.0. The van der Waals surface area contributed by atoms with Gasteiger partial charge in [-0.1, -0.05) is 19.1 Å². The summed E-state index contributed by atoms with van der Waals surface area (Å²) in [5.74, 6) is -9.42. The van der Waals surface area contributed by atoms with Crippen molar-refractivity contribution in [2.45, 2.75) is 24.9 Å². The Morgan fingerprint density at radius 1 is 1.23 bits per heavy atom. The van der Waals surface area contributed by atoms with Gasteiger partial charge in [-0.25, -0.2) is 0 Å². The summed E-state index contributed by atoms with van der Waals surface area (Å²) in [4.78, 5) is 49.9. The maximum atomic E-state index is 13.2. The van der Waals surface area contributed by atoms with Crippen molar-refractivity contribution in [1.82, 2.24) is 0 Å². The van der Waals surface area contributed by atoms with E-state index in [0.29, 0.717) is 11.8 Å². The average Bonchev–Trinajstić information content (AvgIpc) is 2.68. The fourth-order valence-corrected chi connectivity index (χ4v) is 5.24. The Bertz CT molecular complexity index is 1100. The third-order valence-corrected chi connectivity index (χ3v) is 6.62. The van der Waals surface area contributed by atoms with Gasteiger partial charge in [0.2, 0.25) is 5.78 Å². The van der Waals surface area contributed by atoms with Crippen LogP contribution in [0.4, 0.5) is 0 Å². The molecule has 3 aliphatic carbocycles. The Hall–Kier alpha value is -3.46. The van der Waals surface area contributed by atoms with Crippen LogP contribution in [-0.4, -0.2) is 49.8 Å². The highest BCUT2D eigenvalue weighted by atomic mass is 16.3. The van der Waals surface area contributed by atoms with Gasteiger partial charge in [-0.05, 0) is 17.5 Å². The molecule has 1 aromatic rings. The SMILES string of the molecule is C[C@H]1c2cccc(O)c2C(=O)C2=C(O)[C@]3(O)C(=O)C(C(N)=O)=C(O)C[C@@H]3[C@@H](C=O)[C@@H]21. The fraction of sp³-hybridized carbons (Fsp3) is 0.333. The predicted octanol–water partition coefficient (Wildman–Crippen LogP) is 0.567. The molecule has 0 radical (unpaired) electrons. The molecule has 1 amide bonds. The molecule has 1 aromatic carbocycles. The number of nitrogens with two attached hydrogens (primary N) is 1. The second-order valence-corrected chi connectivity index (χ2v) is 7.95. The van der Waals surface area contributed by atoms with E-state index in [1.807, 2.05) is 0 Å². The molecule has 9 nitrogen and oxygen atoms in total. The van der Waals surface area contributed by atoms with Crippen LogP contribution in [0.2, 0.25) is 0 Å². The maximum Gasteiger partial charge on any atom is 0.255 e. The van der Waals surface area contributed by atoms with E-state index in [1.54, 1.807) is 19.1 Å². The van der Waals surface area contributed by atoms with Crippen LogP contribution in [0.15, 0.2) is 40.9 Å². The van der Waals surface area contributed by atoms with Crippen LogP contribution in [0.25, 0.3) is 0 Å². The molecule has 0 aliphatic heterocycles. The second-order valence-electron chi connectivity index (χ2n) is 7.95. The highest BCUT2D eigenvalue weighted by molar-refractivity contribution is 6.24. The van der Waals surface area contributed by atoms with Crippen molar-refractivity contribution in [3.63, 3.8) is 0 Å². The number of amides is 1. The molecule has 3 aliphatic rings. The Labute approximate surface area is 170 Å². The van der Waals surface area contributed by atoms with Crippen LogP contribution < -0.4 is 5.73 Å². The molecular weight excluding hydrogens is 394 g/mol. The number of allylic oxidation sites excluding steroid dienone is 2. The molecule has 156 valence electrons. The number of carbonyl (C=O) groups excluding carboxylic acids is 4. The Morgan fingerprint density at radius 2 is 1.90 bits per heavy atom. The van der Waals surface area contributed by atoms with E-state index < -0.39 is 70.3 Å². The molecule has 6 N–H and O–H groups in total. The van der Waals surface area contributed by atoms with E-state index in [9.17, 15) is 39.6 Å². The highest BCUT2D eigenvalue weighted by Gasteiger charge is 2.64. The first kappa shape index (κ1) is 19.8. The molecular formula is C21H19NO8. The molecule has 4 rings (SSSR count). The molecule has 0 aromatic heterocycles. The second kappa shape index (κ2) is 6.27. The van der Waals surface area contributed by atoms with Crippen molar-refractivity contribution in [1.29, 1.82) is 0 Å². The van der Waals surface area contributed by atoms with Crippen LogP contribution >= 0.6 is 0 Å². The lowest BCUT2D eigenvalue weighted by Gasteiger charge is -2.50. The third-order valence-electron chi connectivity index (χ3n) is 6.62. The molecule has 9 heteroatoms. The van der Waals surface area contributed by atoms with Crippen molar-refractivity contribution in [2.75, 3.05) is 0 Å². The number of aromatic hydroxyl groups is 1. The molecule has 0 bridgehead atoms. The summed E-state index contributed by atoms with van der Waals surface area (Å²) < 4.78 is 0. The monoisotopic (exact) mass is 413 g/mol. The number of hydrogen-bond donors (Lipinski definition) is 5. The third kappa shape index (κ3) is 2.20.